The first-order valence-electron chi connectivity index (χ1n) is 6.44. The van der Waals surface area contributed by atoms with Gasteiger partial charge in [-0.3, -0.25) is 4.68 Å². The number of nitrogens with zero attached hydrogens (tertiary/aromatic N) is 3. The Bertz CT molecular complexity index is 488. The van der Waals surface area contributed by atoms with Crippen molar-refractivity contribution in [1.29, 1.82) is 0 Å². The zero-order chi connectivity index (χ0) is 14.2. The normalized spacial score (nSPS) is 15.3. The summed E-state index contributed by atoms with van der Waals surface area (Å²) in [5.41, 5.74) is 2.18. The predicted molar refractivity (Wildman–Crippen MR) is 69.5 cm³/mol. The number of aryl methyl sites for hydroxylation is 1. The van der Waals surface area contributed by atoms with Crippen molar-refractivity contribution in [2.45, 2.75) is 45.9 Å². The van der Waals surface area contributed by atoms with E-state index in [-0.39, 0.29) is 12.7 Å². The molecule has 1 N–H and O–H groups in total. The van der Waals surface area contributed by atoms with Gasteiger partial charge in [0.05, 0.1) is 18.8 Å². The number of aromatic nitrogens is 2. The maximum atomic E-state index is 12.0. The molecule has 0 saturated carbocycles. The fourth-order valence-electron chi connectivity index (χ4n) is 2.28. The lowest BCUT2D eigenvalue weighted by atomic mass is 10.1. The van der Waals surface area contributed by atoms with Gasteiger partial charge in [0.2, 0.25) is 0 Å². The molecule has 0 bridgehead atoms. The molecule has 0 atom stereocenters. The Balaban J connectivity index is 2.15. The van der Waals surface area contributed by atoms with E-state index in [9.17, 15) is 9.90 Å². The Morgan fingerprint density at radius 3 is 2.74 bits per heavy atom. The molecule has 1 amide bonds. The fraction of sp³-hybridized carbons (Fsp3) is 0.692. The Morgan fingerprint density at radius 1 is 1.47 bits per heavy atom. The molecule has 19 heavy (non-hydrogen) atoms. The first-order chi connectivity index (χ1) is 8.81. The van der Waals surface area contributed by atoms with Crippen LogP contribution in [0.15, 0.2) is 0 Å². The van der Waals surface area contributed by atoms with E-state index in [1.165, 1.54) is 0 Å². The predicted octanol–water partition coefficient (Wildman–Crippen LogP) is 1.21. The third-order valence-electron chi connectivity index (χ3n) is 3.13. The number of ether oxygens (including phenoxy) is 1. The molecule has 0 spiro atoms. The number of rotatable bonds is 1. The SMILES string of the molecule is Cn1nc(CO)c2c1CCN(C(=O)OC(C)(C)C)C2. The summed E-state index contributed by atoms with van der Waals surface area (Å²) in [4.78, 5) is 13.7. The number of aliphatic hydroxyl groups is 1. The third kappa shape index (κ3) is 2.89. The molecule has 0 radical (unpaired) electrons. The molecule has 2 rings (SSSR count). The molecule has 0 fully saturated rings. The van der Waals surface area contributed by atoms with E-state index in [1.807, 2.05) is 27.8 Å². The van der Waals surface area contributed by atoms with Crippen LogP contribution < -0.4 is 0 Å². The Labute approximate surface area is 113 Å². The second-order valence-corrected chi connectivity index (χ2v) is 5.81. The molecular weight excluding hydrogens is 246 g/mol. The third-order valence-corrected chi connectivity index (χ3v) is 3.13. The van der Waals surface area contributed by atoms with E-state index in [0.717, 1.165) is 17.7 Å². The average Bonchev–Trinajstić information content (AvgIpc) is 2.63. The van der Waals surface area contributed by atoms with E-state index < -0.39 is 5.60 Å². The molecule has 6 nitrogen and oxygen atoms in total. The lowest BCUT2D eigenvalue weighted by molar-refractivity contribution is 0.0221. The molecule has 106 valence electrons. The van der Waals surface area contributed by atoms with Gasteiger partial charge >= 0.3 is 6.09 Å². The first kappa shape index (κ1) is 13.9. The zero-order valence-electron chi connectivity index (χ0n) is 11.9. The van der Waals surface area contributed by atoms with Crippen molar-refractivity contribution in [3.05, 3.63) is 17.0 Å². The molecule has 1 aliphatic rings. The lowest BCUT2D eigenvalue weighted by Gasteiger charge is -2.30. The van der Waals surface area contributed by atoms with Crippen LogP contribution in [0, 0.1) is 0 Å². The number of aliphatic hydroxyl groups excluding tert-OH is 1. The second-order valence-electron chi connectivity index (χ2n) is 5.81. The topological polar surface area (TPSA) is 67.6 Å². The number of carbonyl (C=O) groups excluding carboxylic acids is 1. The minimum atomic E-state index is -0.494. The van der Waals surface area contributed by atoms with E-state index in [4.69, 9.17) is 4.74 Å². The summed E-state index contributed by atoms with van der Waals surface area (Å²) in [7, 11) is 1.86. The van der Waals surface area contributed by atoms with Crippen LogP contribution in [0.25, 0.3) is 0 Å². The van der Waals surface area contributed by atoms with Gasteiger partial charge in [-0.15, -0.1) is 0 Å². The molecule has 0 saturated heterocycles. The van der Waals surface area contributed by atoms with Gasteiger partial charge in [-0.25, -0.2) is 4.79 Å². The summed E-state index contributed by atoms with van der Waals surface area (Å²) in [5, 5.41) is 13.6. The number of amides is 1. The second kappa shape index (κ2) is 4.85. The van der Waals surface area contributed by atoms with Gasteiger partial charge in [0.15, 0.2) is 0 Å². The number of carbonyl (C=O) groups is 1. The summed E-state index contributed by atoms with van der Waals surface area (Å²) >= 11 is 0. The maximum Gasteiger partial charge on any atom is 0.410 e. The van der Waals surface area contributed by atoms with Crippen LogP contribution in [0.4, 0.5) is 4.79 Å². The van der Waals surface area contributed by atoms with Crippen molar-refractivity contribution in [3.63, 3.8) is 0 Å². The molecule has 6 heteroatoms. The molecule has 1 aromatic heterocycles. The van der Waals surface area contributed by atoms with Crippen molar-refractivity contribution in [2.24, 2.45) is 7.05 Å². The lowest BCUT2D eigenvalue weighted by Crippen LogP contribution is -2.40. The number of fused-ring (bicyclic) bond motifs is 1. The van der Waals surface area contributed by atoms with Crippen LogP contribution in [0.3, 0.4) is 0 Å². The molecular formula is C13H21N3O3. The van der Waals surface area contributed by atoms with E-state index in [0.29, 0.717) is 18.8 Å². The van der Waals surface area contributed by atoms with Gasteiger partial charge in [0.25, 0.3) is 0 Å². The molecule has 1 aromatic rings. The van der Waals surface area contributed by atoms with Crippen molar-refractivity contribution < 1.29 is 14.6 Å². The van der Waals surface area contributed by atoms with Crippen LogP contribution in [0.2, 0.25) is 0 Å². The Morgan fingerprint density at radius 2 is 2.16 bits per heavy atom. The highest BCUT2D eigenvalue weighted by atomic mass is 16.6. The monoisotopic (exact) mass is 267 g/mol. The highest BCUT2D eigenvalue weighted by Crippen LogP contribution is 2.23. The maximum absolute atomic E-state index is 12.0. The van der Waals surface area contributed by atoms with Gasteiger partial charge in [0.1, 0.15) is 5.60 Å². The van der Waals surface area contributed by atoms with E-state index in [2.05, 4.69) is 5.10 Å². The number of hydrogen-bond acceptors (Lipinski definition) is 4. The molecule has 0 unspecified atom stereocenters. The zero-order valence-corrected chi connectivity index (χ0v) is 11.9. The van der Waals surface area contributed by atoms with Crippen LogP contribution in [0.1, 0.15) is 37.7 Å². The van der Waals surface area contributed by atoms with Crippen LogP contribution in [0.5, 0.6) is 0 Å². The highest BCUT2D eigenvalue weighted by molar-refractivity contribution is 5.68. The van der Waals surface area contributed by atoms with Gasteiger partial charge < -0.3 is 14.7 Å². The van der Waals surface area contributed by atoms with Gasteiger partial charge in [-0.05, 0) is 20.8 Å². The minimum Gasteiger partial charge on any atom is -0.444 e. The van der Waals surface area contributed by atoms with Gasteiger partial charge in [-0.1, -0.05) is 0 Å². The smallest absolute Gasteiger partial charge is 0.410 e. The summed E-state index contributed by atoms with van der Waals surface area (Å²) in [6.45, 7) is 6.52. The van der Waals surface area contributed by atoms with Gasteiger partial charge in [0, 0.05) is 31.3 Å². The summed E-state index contributed by atoms with van der Waals surface area (Å²) in [5.74, 6) is 0. The van der Waals surface area contributed by atoms with Gasteiger partial charge in [-0.2, -0.15) is 5.10 Å². The largest absolute Gasteiger partial charge is 0.444 e. The minimum absolute atomic E-state index is 0.106. The first-order valence-corrected chi connectivity index (χ1v) is 6.44. The molecule has 0 aromatic carbocycles. The van der Waals surface area contributed by atoms with Crippen molar-refractivity contribution in [3.8, 4) is 0 Å². The number of hydrogen-bond donors (Lipinski definition) is 1. The fourth-order valence-corrected chi connectivity index (χ4v) is 2.28. The van der Waals surface area contributed by atoms with Crippen molar-refractivity contribution in [1.82, 2.24) is 14.7 Å². The van der Waals surface area contributed by atoms with E-state index in [1.54, 1.807) is 9.58 Å². The summed E-state index contributed by atoms with van der Waals surface area (Å²) in [6, 6.07) is 0. The average molecular weight is 267 g/mol. The Hall–Kier alpha value is -1.56. The summed E-state index contributed by atoms with van der Waals surface area (Å²) < 4.78 is 7.15. The van der Waals surface area contributed by atoms with Crippen LogP contribution >= 0.6 is 0 Å². The molecule has 2 heterocycles. The Kier molecular flexibility index (Phi) is 3.54. The molecule has 1 aliphatic heterocycles. The van der Waals surface area contributed by atoms with Crippen molar-refractivity contribution >= 4 is 6.09 Å². The quantitative estimate of drug-likeness (QED) is 0.830. The van der Waals surface area contributed by atoms with E-state index >= 15 is 0 Å². The van der Waals surface area contributed by atoms with Crippen LogP contribution in [-0.4, -0.2) is 38.0 Å². The standard InChI is InChI=1S/C13H21N3O3/c1-13(2,3)19-12(18)16-6-5-11-9(7-16)10(8-17)14-15(11)4/h17H,5-8H2,1-4H3. The molecule has 0 aliphatic carbocycles. The van der Waals surface area contributed by atoms with Crippen molar-refractivity contribution in [2.75, 3.05) is 6.54 Å². The highest BCUT2D eigenvalue weighted by Gasteiger charge is 2.29. The van der Waals surface area contributed by atoms with Crippen LogP contribution in [-0.2, 0) is 31.4 Å². The summed E-state index contributed by atoms with van der Waals surface area (Å²) in [6.07, 6.45) is 0.420.